The minimum absolute atomic E-state index is 0.515. The van der Waals surface area contributed by atoms with Crippen LogP contribution in [0.5, 0.6) is 0 Å². The second kappa shape index (κ2) is 11.2. The van der Waals surface area contributed by atoms with E-state index in [1.807, 2.05) is 22.7 Å². The lowest BCUT2D eigenvalue weighted by Gasteiger charge is -2.34. The van der Waals surface area contributed by atoms with Crippen molar-refractivity contribution in [3.05, 3.63) is 39.9 Å². The van der Waals surface area contributed by atoms with Crippen molar-refractivity contribution >= 4 is 33.6 Å². The quantitative estimate of drug-likeness (QED) is 0.494. The molecule has 0 saturated carbocycles. The number of nitrogens with zero attached hydrogens (tertiary/aromatic N) is 3. The van der Waals surface area contributed by atoms with Crippen LogP contribution in [0.4, 0.5) is 5.00 Å². The number of rotatable bonds is 7. The molecule has 1 atom stereocenters. The molecule has 1 unspecified atom stereocenters. The third-order valence-corrected chi connectivity index (χ3v) is 7.86. The number of hydrogen-bond acceptors (Lipinski definition) is 5. The number of guanidine groups is 1. The van der Waals surface area contributed by atoms with E-state index < -0.39 is 0 Å². The second-order valence-corrected chi connectivity index (χ2v) is 10.4. The summed E-state index contributed by atoms with van der Waals surface area (Å²) in [5, 5.41) is 12.9. The van der Waals surface area contributed by atoms with Gasteiger partial charge in [0.15, 0.2) is 5.96 Å². The van der Waals surface area contributed by atoms with Crippen LogP contribution in [0.15, 0.2) is 40.0 Å². The van der Waals surface area contributed by atoms with Gasteiger partial charge in [-0.15, -0.1) is 22.7 Å². The molecule has 2 fully saturated rings. The van der Waals surface area contributed by atoms with E-state index in [0.717, 1.165) is 38.7 Å². The van der Waals surface area contributed by atoms with Crippen molar-refractivity contribution in [2.45, 2.75) is 45.2 Å². The first-order valence-electron chi connectivity index (χ1n) is 11.4. The van der Waals surface area contributed by atoms with Crippen LogP contribution in [0.2, 0.25) is 0 Å². The fourth-order valence-corrected chi connectivity index (χ4v) is 6.03. The Morgan fingerprint density at radius 1 is 1.10 bits per heavy atom. The Balaban J connectivity index is 1.25. The summed E-state index contributed by atoms with van der Waals surface area (Å²) < 4.78 is 0. The monoisotopic (exact) mass is 445 g/mol. The van der Waals surface area contributed by atoms with Crippen LogP contribution in [0.1, 0.15) is 37.5 Å². The molecule has 2 aliphatic heterocycles. The minimum Gasteiger partial charge on any atom is -0.363 e. The van der Waals surface area contributed by atoms with Crippen molar-refractivity contribution in [2.24, 2.45) is 10.9 Å². The van der Waals surface area contributed by atoms with Crippen molar-refractivity contribution in [1.82, 2.24) is 15.5 Å². The molecule has 0 aromatic carbocycles. The van der Waals surface area contributed by atoms with Gasteiger partial charge >= 0.3 is 0 Å². The van der Waals surface area contributed by atoms with E-state index in [0.29, 0.717) is 12.0 Å². The average Bonchev–Trinajstić information content (AvgIpc) is 3.48. The molecule has 0 aliphatic carbocycles. The molecule has 0 bridgehead atoms. The summed E-state index contributed by atoms with van der Waals surface area (Å²) in [6.45, 7) is 9.72. The first kappa shape index (κ1) is 21.7. The summed E-state index contributed by atoms with van der Waals surface area (Å²) in [6.07, 6.45) is 4.92. The number of thiophene rings is 2. The lowest BCUT2D eigenvalue weighted by atomic mass is 9.98. The zero-order valence-electron chi connectivity index (χ0n) is 18.1. The van der Waals surface area contributed by atoms with E-state index in [9.17, 15) is 0 Å². The molecule has 2 N–H and O–H groups in total. The molecular weight excluding hydrogens is 410 g/mol. The Labute approximate surface area is 189 Å². The highest BCUT2D eigenvalue weighted by atomic mass is 32.1. The van der Waals surface area contributed by atoms with Crippen LogP contribution in [0.25, 0.3) is 0 Å². The zero-order chi connectivity index (χ0) is 20.6. The van der Waals surface area contributed by atoms with E-state index in [2.05, 4.69) is 62.4 Å². The van der Waals surface area contributed by atoms with E-state index in [-0.39, 0.29) is 0 Å². The van der Waals surface area contributed by atoms with Crippen molar-refractivity contribution < 1.29 is 0 Å². The van der Waals surface area contributed by atoms with E-state index in [1.54, 1.807) is 0 Å². The van der Waals surface area contributed by atoms with Gasteiger partial charge in [-0.1, -0.05) is 6.07 Å². The van der Waals surface area contributed by atoms with Crippen LogP contribution in [0.3, 0.4) is 0 Å². The van der Waals surface area contributed by atoms with Crippen LogP contribution >= 0.6 is 22.7 Å². The van der Waals surface area contributed by atoms with Crippen LogP contribution in [-0.2, 0) is 6.54 Å². The topological polar surface area (TPSA) is 42.9 Å². The van der Waals surface area contributed by atoms with E-state index >= 15 is 0 Å². The molecule has 2 aliphatic rings. The third kappa shape index (κ3) is 6.22. The van der Waals surface area contributed by atoms with Crippen LogP contribution in [-0.4, -0.2) is 56.2 Å². The van der Waals surface area contributed by atoms with Gasteiger partial charge in [-0.3, -0.25) is 9.89 Å². The fourth-order valence-electron chi connectivity index (χ4n) is 4.49. The molecule has 30 heavy (non-hydrogen) atoms. The van der Waals surface area contributed by atoms with Crippen molar-refractivity contribution in [3.63, 3.8) is 0 Å². The SMILES string of the molecule is CCNC(=NCC1CCCN(Cc2cccs2)C1)NC1CCN(c2cccs2)CC1. The molecule has 0 spiro atoms. The molecule has 0 amide bonds. The maximum atomic E-state index is 4.99. The Bertz CT molecular complexity index is 751. The maximum absolute atomic E-state index is 4.99. The van der Waals surface area contributed by atoms with Gasteiger partial charge in [0, 0.05) is 50.2 Å². The lowest BCUT2D eigenvalue weighted by molar-refractivity contribution is 0.172. The van der Waals surface area contributed by atoms with Crippen molar-refractivity contribution in [2.75, 3.05) is 44.2 Å². The summed E-state index contributed by atoms with van der Waals surface area (Å²) in [5.41, 5.74) is 0. The molecule has 2 aromatic rings. The van der Waals surface area contributed by atoms with Gasteiger partial charge < -0.3 is 15.5 Å². The van der Waals surface area contributed by atoms with Gasteiger partial charge in [-0.2, -0.15) is 0 Å². The molecule has 4 heterocycles. The molecule has 164 valence electrons. The molecule has 7 heteroatoms. The summed E-state index contributed by atoms with van der Waals surface area (Å²) in [5.74, 6) is 1.66. The Hall–Kier alpha value is -1.57. The molecule has 0 radical (unpaired) electrons. The Morgan fingerprint density at radius 2 is 1.93 bits per heavy atom. The highest BCUT2D eigenvalue weighted by Crippen LogP contribution is 2.25. The summed E-state index contributed by atoms with van der Waals surface area (Å²) >= 11 is 3.71. The summed E-state index contributed by atoms with van der Waals surface area (Å²) in [7, 11) is 0. The number of hydrogen-bond donors (Lipinski definition) is 2. The highest BCUT2D eigenvalue weighted by Gasteiger charge is 2.22. The summed E-state index contributed by atoms with van der Waals surface area (Å²) in [4.78, 5) is 11.6. The molecule has 2 saturated heterocycles. The minimum atomic E-state index is 0.515. The highest BCUT2D eigenvalue weighted by molar-refractivity contribution is 7.14. The van der Waals surface area contributed by atoms with Crippen molar-refractivity contribution in [1.29, 1.82) is 0 Å². The normalized spacial score (nSPS) is 21.7. The smallest absolute Gasteiger partial charge is 0.191 e. The maximum Gasteiger partial charge on any atom is 0.191 e. The van der Waals surface area contributed by atoms with Gasteiger partial charge in [-0.05, 0) is 74.0 Å². The lowest BCUT2D eigenvalue weighted by Crippen LogP contribution is -2.49. The molecule has 5 nitrogen and oxygen atoms in total. The van der Waals surface area contributed by atoms with Crippen LogP contribution < -0.4 is 15.5 Å². The largest absolute Gasteiger partial charge is 0.363 e. The molecular formula is C23H35N5S2. The van der Waals surface area contributed by atoms with Crippen LogP contribution in [0, 0.1) is 5.92 Å². The first-order valence-corrected chi connectivity index (χ1v) is 13.1. The fraction of sp³-hybridized carbons (Fsp3) is 0.609. The number of nitrogens with one attached hydrogen (secondary N) is 2. The number of aliphatic imine (C=N–C) groups is 1. The van der Waals surface area contributed by atoms with Gasteiger partial charge in [0.1, 0.15) is 0 Å². The van der Waals surface area contributed by atoms with Gasteiger partial charge in [0.05, 0.1) is 5.00 Å². The predicted octanol–water partition coefficient (Wildman–Crippen LogP) is 4.25. The molecule has 4 rings (SSSR count). The third-order valence-electron chi connectivity index (χ3n) is 6.07. The number of likely N-dealkylation sites (tertiary alicyclic amines) is 1. The van der Waals surface area contributed by atoms with Gasteiger partial charge in [0.2, 0.25) is 0 Å². The van der Waals surface area contributed by atoms with Gasteiger partial charge in [0.25, 0.3) is 0 Å². The second-order valence-electron chi connectivity index (χ2n) is 8.40. The standard InChI is InChI=1S/C23H35N5S2/c1-2-24-23(26-20-9-12-28(13-10-20)22-8-5-15-30-22)25-16-19-6-3-11-27(17-19)18-21-7-4-14-29-21/h4-5,7-8,14-15,19-20H,2-3,6,9-13,16-18H2,1H3,(H2,24,25,26). The zero-order valence-corrected chi connectivity index (χ0v) is 19.7. The van der Waals surface area contributed by atoms with E-state index in [1.165, 1.54) is 48.7 Å². The van der Waals surface area contributed by atoms with Crippen molar-refractivity contribution in [3.8, 4) is 0 Å². The Morgan fingerprint density at radius 3 is 2.67 bits per heavy atom. The Kier molecular flexibility index (Phi) is 8.06. The predicted molar refractivity (Wildman–Crippen MR) is 131 cm³/mol. The number of anilines is 1. The van der Waals surface area contributed by atoms with E-state index in [4.69, 9.17) is 4.99 Å². The molecule has 2 aromatic heterocycles. The average molecular weight is 446 g/mol. The van der Waals surface area contributed by atoms with Gasteiger partial charge in [-0.25, -0.2) is 0 Å². The number of piperidine rings is 2. The first-order chi connectivity index (χ1) is 14.8. The summed E-state index contributed by atoms with van der Waals surface area (Å²) in [6, 6.07) is 9.30.